The van der Waals surface area contributed by atoms with E-state index in [2.05, 4.69) is 36.8 Å². The minimum Gasteiger partial charge on any atom is -0.399 e. The molecule has 8 heteroatoms. The average Bonchev–Trinajstić information content (AvgIpc) is 2.37. The summed E-state index contributed by atoms with van der Waals surface area (Å²) in [5.41, 5.74) is 6.62. The van der Waals surface area contributed by atoms with Gasteiger partial charge in [-0.05, 0) is 56.1 Å². The first kappa shape index (κ1) is 15.3. The number of rotatable bonds is 3. The van der Waals surface area contributed by atoms with Gasteiger partial charge in [0.2, 0.25) is 0 Å². The summed E-state index contributed by atoms with van der Waals surface area (Å²) < 4.78 is 27.3. The Labute approximate surface area is 134 Å². The summed E-state index contributed by atoms with van der Waals surface area (Å²) in [5, 5.41) is 0. The van der Waals surface area contributed by atoms with Crippen molar-refractivity contribution in [2.24, 2.45) is 0 Å². The second-order valence-electron chi connectivity index (χ2n) is 4.00. The molecule has 0 aliphatic heterocycles. The molecule has 0 atom stereocenters. The number of anilines is 2. The highest BCUT2D eigenvalue weighted by molar-refractivity contribution is 9.11. The summed E-state index contributed by atoms with van der Waals surface area (Å²) in [5.74, 6) is 0. The van der Waals surface area contributed by atoms with Crippen LogP contribution in [-0.2, 0) is 10.0 Å². The van der Waals surface area contributed by atoms with E-state index in [1.54, 1.807) is 30.5 Å². The van der Waals surface area contributed by atoms with E-state index in [0.717, 1.165) is 0 Å². The van der Waals surface area contributed by atoms with Gasteiger partial charge in [-0.2, -0.15) is 0 Å². The van der Waals surface area contributed by atoms with Crippen LogP contribution in [-0.4, -0.2) is 20.4 Å². The molecule has 0 aliphatic carbocycles. The van der Waals surface area contributed by atoms with Gasteiger partial charge in [-0.25, -0.2) is 8.42 Å². The summed E-state index contributed by atoms with van der Waals surface area (Å²) in [4.78, 5) is 4.05. The Kier molecular flexibility index (Phi) is 4.36. The molecule has 0 fully saturated rings. The van der Waals surface area contributed by atoms with Gasteiger partial charge in [0.1, 0.15) is 4.90 Å². The van der Waals surface area contributed by atoms with E-state index >= 15 is 0 Å². The normalized spacial score (nSPS) is 11.3. The molecule has 0 saturated heterocycles. The van der Waals surface area contributed by atoms with Gasteiger partial charge in [-0.1, -0.05) is 0 Å². The van der Waals surface area contributed by atoms with Crippen molar-refractivity contribution in [2.75, 3.05) is 17.1 Å². The monoisotopic (exact) mass is 419 g/mol. The molecule has 106 valence electrons. The first-order valence-corrected chi connectivity index (χ1v) is 8.50. The molecular weight excluding hydrogens is 410 g/mol. The van der Waals surface area contributed by atoms with Gasteiger partial charge < -0.3 is 5.73 Å². The van der Waals surface area contributed by atoms with E-state index in [0.29, 0.717) is 20.3 Å². The van der Waals surface area contributed by atoms with Crippen LogP contribution in [0.5, 0.6) is 0 Å². The van der Waals surface area contributed by atoms with Crippen molar-refractivity contribution in [3.63, 3.8) is 0 Å². The third-order valence-corrected chi connectivity index (χ3v) is 6.31. The van der Waals surface area contributed by atoms with Crippen LogP contribution in [0.15, 0.2) is 50.5 Å². The third kappa shape index (κ3) is 2.82. The molecule has 0 amide bonds. The number of hydrogen-bond donors (Lipinski definition) is 1. The number of aromatic nitrogens is 1. The average molecular weight is 421 g/mol. The van der Waals surface area contributed by atoms with E-state index < -0.39 is 10.0 Å². The molecule has 0 bridgehead atoms. The molecule has 0 radical (unpaired) electrons. The second kappa shape index (κ2) is 5.71. The number of pyridine rings is 1. The Hall–Kier alpha value is -1.12. The van der Waals surface area contributed by atoms with Crippen molar-refractivity contribution in [2.45, 2.75) is 4.90 Å². The lowest BCUT2D eigenvalue weighted by molar-refractivity contribution is 0.593. The van der Waals surface area contributed by atoms with E-state index in [-0.39, 0.29) is 4.90 Å². The van der Waals surface area contributed by atoms with Crippen LogP contribution in [0.1, 0.15) is 0 Å². The van der Waals surface area contributed by atoms with E-state index in [1.165, 1.54) is 17.5 Å². The molecular formula is C12H11Br2N3O2S. The zero-order chi connectivity index (χ0) is 14.9. The third-order valence-electron chi connectivity index (χ3n) is 2.65. The number of halogens is 2. The molecule has 0 unspecified atom stereocenters. The quantitative estimate of drug-likeness (QED) is 0.774. The highest BCUT2D eigenvalue weighted by atomic mass is 79.9. The molecule has 20 heavy (non-hydrogen) atoms. The van der Waals surface area contributed by atoms with Crippen LogP contribution >= 0.6 is 31.9 Å². The number of benzene rings is 1. The fraction of sp³-hybridized carbons (Fsp3) is 0.0833. The molecule has 0 aliphatic rings. The minimum absolute atomic E-state index is 0.123. The fourth-order valence-corrected chi connectivity index (χ4v) is 5.36. The smallest absolute Gasteiger partial charge is 0.266 e. The Bertz CT molecular complexity index is 713. The van der Waals surface area contributed by atoms with Gasteiger partial charge >= 0.3 is 0 Å². The van der Waals surface area contributed by atoms with Gasteiger partial charge in [0.25, 0.3) is 10.0 Å². The van der Waals surface area contributed by atoms with Gasteiger partial charge in [-0.3, -0.25) is 9.29 Å². The number of hydrogen-bond acceptors (Lipinski definition) is 4. The molecule has 1 aromatic carbocycles. The first-order valence-electron chi connectivity index (χ1n) is 5.47. The second-order valence-corrected chi connectivity index (χ2v) is 7.61. The number of sulfonamides is 1. The maximum absolute atomic E-state index is 12.7. The van der Waals surface area contributed by atoms with Gasteiger partial charge in [-0.15, -0.1) is 0 Å². The number of nitrogens with two attached hydrogens (primary N) is 1. The molecule has 5 nitrogen and oxygen atoms in total. The Morgan fingerprint density at radius 2 is 1.85 bits per heavy atom. The molecule has 2 aromatic rings. The standard InChI is InChI=1S/C12H11Br2N3O2S/c1-17(9-3-2-4-16-7-9)20(18,19)12-10(13)5-8(15)6-11(12)14/h2-7H,15H2,1H3. The molecule has 2 N–H and O–H groups in total. The summed E-state index contributed by atoms with van der Waals surface area (Å²) >= 11 is 6.49. The van der Waals surface area contributed by atoms with Crippen molar-refractivity contribution in [3.05, 3.63) is 45.6 Å². The van der Waals surface area contributed by atoms with Crippen molar-refractivity contribution >= 4 is 53.3 Å². The van der Waals surface area contributed by atoms with Crippen LogP contribution in [0.4, 0.5) is 11.4 Å². The predicted octanol–water partition coefficient (Wildman–Crippen LogP) is 3.01. The maximum atomic E-state index is 12.7. The van der Waals surface area contributed by atoms with Crippen LogP contribution in [0.3, 0.4) is 0 Å². The zero-order valence-electron chi connectivity index (χ0n) is 10.4. The summed E-state index contributed by atoms with van der Waals surface area (Å²) in [6, 6.07) is 6.45. The zero-order valence-corrected chi connectivity index (χ0v) is 14.4. The van der Waals surface area contributed by atoms with Crippen molar-refractivity contribution in [1.29, 1.82) is 0 Å². The Morgan fingerprint density at radius 3 is 2.35 bits per heavy atom. The maximum Gasteiger partial charge on any atom is 0.266 e. The summed E-state index contributed by atoms with van der Waals surface area (Å²) in [6.45, 7) is 0. The Balaban J connectivity index is 2.57. The van der Waals surface area contributed by atoms with E-state index in [4.69, 9.17) is 5.73 Å². The molecule has 1 heterocycles. The highest BCUT2D eigenvalue weighted by Crippen LogP contribution is 2.35. The largest absolute Gasteiger partial charge is 0.399 e. The van der Waals surface area contributed by atoms with E-state index in [1.807, 2.05) is 0 Å². The van der Waals surface area contributed by atoms with Crippen LogP contribution in [0, 0.1) is 0 Å². The molecule has 2 rings (SSSR count). The Morgan fingerprint density at radius 1 is 1.25 bits per heavy atom. The molecule has 0 spiro atoms. The van der Waals surface area contributed by atoms with Gasteiger partial charge in [0.05, 0.1) is 11.9 Å². The number of nitrogen functional groups attached to an aromatic ring is 1. The van der Waals surface area contributed by atoms with Crippen molar-refractivity contribution in [1.82, 2.24) is 4.98 Å². The summed E-state index contributed by atoms with van der Waals surface area (Å²) in [7, 11) is -2.25. The number of nitrogens with zero attached hydrogens (tertiary/aromatic N) is 2. The minimum atomic E-state index is -3.73. The first-order chi connectivity index (χ1) is 9.34. The lowest BCUT2D eigenvalue weighted by Crippen LogP contribution is -2.27. The molecule has 1 aromatic heterocycles. The SMILES string of the molecule is CN(c1cccnc1)S(=O)(=O)c1c(Br)cc(N)cc1Br. The van der Waals surface area contributed by atoms with Crippen molar-refractivity contribution < 1.29 is 8.42 Å². The lowest BCUT2D eigenvalue weighted by atomic mass is 10.3. The summed E-state index contributed by atoms with van der Waals surface area (Å²) in [6.07, 6.45) is 3.07. The lowest BCUT2D eigenvalue weighted by Gasteiger charge is -2.20. The highest BCUT2D eigenvalue weighted by Gasteiger charge is 2.27. The van der Waals surface area contributed by atoms with Gasteiger partial charge in [0, 0.05) is 27.9 Å². The van der Waals surface area contributed by atoms with Crippen LogP contribution in [0.25, 0.3) is 0 Å². The fourth-order valence-electron chi connectivity index (χ4n) is 1.64. The van der Waals surface area contributed by atoms with E-state index in [9.17, 15) is 8.42 Å². The van der Waals surface area contributed by atoms with Gasteiger partial charge in [0.15, 0.2) is 0 Å². The van der Waals surface area contributed by atoms with Crippen LogP contribution < -0.4 is 10.0 Å². The topological polar surface area (TPSA) is 76.3 Å². The van der Waals surface area contributed by atoms with Crippen LogP contribution in [0.2, 0.25) is 0 Å². The molecule has 0 saturated carbocycles. The van der Waals surface area contributed by atoms with Crippen molar-refractivity contribution in [3.8, 4) is 0 Å². The predicted molar refractivity (Wildman–Crippen MR) is 86.1 cm³/mol.